The van der Waals surface area contributed by atoms with Gasteiger partial charge in [-0.2, -0.15) is 0 Å². The van der Waals surface area contributed by atoms with Crippen LogP contribution >= 0.6 is 0 Å². The Kier molecular flexibility index (Phi) is 7.81. The molecule has 0 saturated carbocycles. The summed E-state index contributed by atoms with van der Waals surface area (Å²) in [5, 5.41) is 3.01. The molecule has 176 valence electrons. The number of fused-ring (bicyclic) bond motifs is 1. The number of carbonyl (C=O) groups is 1. The molecule has 0 unspecified atom stereocenters. The highest BCUT2D eigenvalue weighted by Gasteiger charge is 2.12. The van der Waals surface area contributed by atoms with Crippen LogP contribution in [0.1, 0.15) is 35.1 Å². The smallest absolute Gasteiger partial charge is 0.251 e. The molecule has 6 heteroatoms. The fourth-order valence-corrected chi connectivity index (χ4v) is 3.91. The first-order valence-corrected chi connectivity index (χ1v) is 11.8. The summed E-state index contributed by atoms with van der Waals surface area (Å²) < 4.78 is 13.9. The number of aromatic nitrogens is 2. The fourth-order valence-electron chi connectivity index (χ4n) is 3.91. The van der Waals surface area contributed by atoms with E-state index in [4.69, 9.17) is 14.5 Å². The lowest BCUT2D eigenvalue weighted by Gasteiger charge is -2.13. The van der Waals surface area contributed by atoms with Crippen LogP contribution < -0.4 is 14.8 Å². The van der Waals surface area contributed by atoms with E-state index in [2.05, 4.69) is 16.0 Å². The predicted octanol–water partition coefficient (Wildman–Crippen LogP) is 5.19. The Morgan fingerprint density at radius 1 is 0.941 bits per heavy atom. The fraction of sp³-hybridized carbons (Fsp3) is 0.286. The van der Waals surface area contributed by atoms with Crippen molar-refractivity contribution < 1.29 is 14.3 Å². The van der Waals surface area contributed by atoms with Gasteiger partial charge in [0.1, 0.15) is 12.4 Å². The van der Waals surface area contributed by atoms with Gasteiger partial charge in [-0.15, -0.1) is 0 Å². The van der Waals surface area contributed by atoms with Gasteiger partial charge in [-0.3, -0.25) is 4.79 Å². The Morgan fingerprint density at radius 2 is 1.65 bits per heavy atom. The van der Waals surface area contributed by atoms with Gasteiger partial charge in [0.25, 0.3) is 5.91 Å². The number of imidazole rings is 1. The molecule has 0 spiro atoms. The van der Waals surface area contributed by atoms with Crippen molar-refractivity contribution in [1.29, 1.82) is 0 Å². The molecule has 4 rings (SSSR count). The van der Waals surface area contributed by atoms with Gasteiger partial charge in [0.2, 0.25) is 0 Å². The predicted molar refractivity (Wildman–Crippen MR) is 135 cm³/mol. The first kappa shape index (κ1) is 23.4. The van der Waals surface area contributed by atoms with Crippen LogP contribution in [0.4, 0.5) is 0 Å². The van der Waals surface area contributed by atoms with Crippen LogP contribution in [-0.4, -0.2) is 35.2 Å². The molecule has 0 atom stereocenters. The van der Waals surface area contributed by atoms with Crippen molar-refractivity contribution in [3.8, 4) is 11.5 Å². The minimum atomic E-state index is -0.0464. The van der Waals surface area contributed by atoms with Crippen LogP contribution in [0.25, 0.3) is 11.0 Å². The zero-order valence-electron chi connectivity index (χ0n) is 19.8. The molecule has 1 amide bonds. The average Bonchev–Trinajstić information content (AvgIpc) is 3.21. The van der Waals surface area contributed by atoms with Crippen molar-refractivity contribution in [3.05, 3.63) is 89.7 Å². The molecule has 0 aliphatic carbocycles. The zero-order chi connectivity index (χ0) is 23.8. The molecule has 0 bridgehead atoms. The molecule has 3 aromatic carbocycles. The van der Waals surface area contributed by atoms with E-state index in [9.17, 15) is 4.79 Å². The largest absolute Gasteiger partial charge is 0.490 e. The van der Waals surface area contributed by atoms with Crippen molar-refractivity contribution >= 4 is 16.9 Å². The molecule has 0 fully saturated rings. The molecule has 34 heavy (non-hydrogen) atoms. The highest BCUT2D eigenvalue weighted by molar-refractivity contribution is 5.94. The monoisotopic (exact) mass is 457 g/mol. The van der Waals surface area contributed by atoms with Gasteiger partial charge in [0.15, 0.2) is 11.5 Å². The van der Waals surface area contributed by atoms with E-state index in [0.717, 1.165) is 46.8 Å². The van der Waals surface area contributed by atoms with Crippen molar-refractivity contribution in [2.75, 3.05) is 19.8 Å². The summed E-state index contributed by atoms with van der Waals surface area (Å²) in [5.74, 6) is 2.45. The van der Waals surface area contributed by atoms with Gasteiger partial charge in [-0.05, 0) is 56.7 Å². The van der Waals surface area contributed by atoms with E-state index in [0.29, 0.717) is 31.9 Å². The maximum Gasteiger partial charge on any atom is 0.251 e. The minimum Gasteiger partial charge on any atom is -0.490 e. The quantitative estimate of drug-likeness (QED) is 0.315. The van der Waals surface area contributed by atoms with Crippen LogP contribution in [0, 0.1) is 6.92 Å². The molecule has 0 saturated heterocycles. The van der Waals surface area contributed by atoms with E-state index < -0.39 is 0 Å². The molecule has 1 aromatic heterocycles. The van der Waals surface area contributed by atoms with Crippen molar-refractivity contribution in [2.45, 2.75) is 33.2 Å². The molecule has 4 aromatic rings. The van der Waals surface area contributed by atoms with Crippen LogP contribution in [0.5, 0.6) is 11.5 Å². The van der Waals surface area contributed by atoms with E-state index in [1.807, 2.05) is 80.6 Å². The lowest BCUT2D eigenvalue weighted by atomic mass is 10.1. The highest BCUT2D eigenvalue weighted by Crippen LogP contribution is 2.26. The second kappa shape index (κ2) is 11.4. The Morgan fingerprint density at radius 3 is 2.41 bits per heavy atom. The van der Waals surface area contributed by atoms with Crippen LogP contribution in [0.3, 0.4) is 0 Å². The van der Waals surface area contributed by atoms with E-state index in [1.54, 1.807) is 0 Å². The van der Waals surface area contributed by atoms with E-state index in [-0.39, 0.29) is 5.91 Å². The number of nitrogens with one attached hydrogen (secondary N) is 1. The van der Waals surface area contributed by atoms with Crippen LogP contribution in [0.15, 0.2) is 72.8 Å². The normalized spacial score (nSPS) is 10.9. The van der Waals surface area contributed by atoms with Crippen molar-refractivity contribution in [2.24, 2.45) is 0 Å². The Bertz CT molecular complexity index is 1230. The second-order valence-corrected chi connectivity index (χ2v) is 8.12. The number of hydrogen-bond acceptors (Lipinski definition) is 4. The average molecular weight is 458 g/mol. The number of benzene rings is 3. The summed E-state index contributed by atoms with van der Waals surface area (Å²) in [6, 6.07) is 23.5. The van der Waals surface area contributed by atoms with Crippen LogP contribution in [0.2, 0.25) is 0 Å². The third-order valence-corrected chi connectivity index (χ3v) is 5.63. The van der Waals surface area contributed by atoms with Crippen molar-refractivity contribution in [3.63, 3.8) is 0 Å². The lowest BCUT2D eigenvalue weighted by Crippen LogP contribution is -2.25. The third-order valence-electron chi connectivity index (χ3n) is 5.63. The summed E-state index contributed by atoms with van der Waals surface area (Å²) in [7, 11) is 0. The topological polar surface area (TPSA) is 65.4 Å². The number of rotatable bonds is 11. The van der Waals surface area contributed by atoms with Gasteiger partial charge in [0, 0.05) is 18.5 Å². The summed E-state index contributed by atoms with van der Waals surface area (Å²) in [4.78, 5) is 17.2. The summed E-state index contributed by atoms with van der Waals surface area (Å²) >= 11 is 0. The highest BCUT2D eigenvalue weighted by atomic mass is 16.5. The first-order chi connectivity index (χ1) is 16.7. The van der Waals surface area contributed by atoms with Gasteiger partial charge in [-0.1, -0.05) is 42.0 Å². The SMILES string of the molecule is CCOc1ccccc1OCCn1c(CCCNC(=O)c2ccc(C)cc2)nc2ccccc21. The number of hydrogen-bond donors (Lipinski definition) is 1. The maximum absolute atomic E-state index is 12.4. The minimum absolute atomic E-state index is 0.0464. The summed E-state index contributed by atoms with van der Waals surface area (Å²) in [5.41, 5.74) is 3.88. The summed E-state index contributed by atoms with van der Waals surface area (Å²) in [6.07, 6.45) is 1.56. The van der Waals surface area contributed by atoms with Gasteiger partial charge in [-0.25, -0.2) is 4.98 Å². The number of ether oxygens (including phenoxy) is 2. The van der Waals surface area contributed by atoms with E-state index >= 15 is 0 Å². The lowest BCUT2D eigenvalue weighted by molar-refractivity contribution is 0.0953. The van der Waals surface area contributed by atoms with E-state index in [1.165, 1.54) is 0 Å². The molecule has 0 aliphatic heterocycles. The first-order valence-electron chi connectivity index (χ1n) is 11.8. The molecule has 0 aliphatic rings. The molecule has 6 nitrogen and oxygen atoms in total. The Hall–Kier alpha value is -3.80. The van der Waals surface area contributed by atoms with Gasteiger partial charge >= 0.3 is 0 Å². The number of para-hydroxylation sites is 4. The van der Waals surface area contributed by atoms with Crippen LogP contribution in [-0.2, 0) is 13.0 Å². The molecule has 1 heterocycles. The number of aryl methyl sites for hydroxylation is 2. The van der Waals surface area contributed by atoms with Crippen molar-refractivity contribution in [1.82, 2.24) is 14.9 Å². The maximum atomic E-state index is 12.4. The summed E-state index contributed by atoms with van der Waals surface area (Å²) in [6.45, 7) is 6.33. The Balaban J connectivity index is 1.37. The Labute approximate surface area is 200 Å². The van der Waals surface area contributed by atoms with Gasteiger partial charge < -0.3 is 19.4 Å². The van der Waals surface area contributed by atoms with Gasteiger partial charge in [0.05, 0.1) is 24.2 Å². The second-order valence-electron chi connectivity index (χ2n) is 8.12. The molecular formula is C28H31N3O3. The molecular weight excluding hydrogens is 426 g/mol. The molecule has 0 radical (unpaired) electrons. The number of amides is 1. The zero-order valence-corrected chi connectivity index (χ0v) is 19.8. The standard InChI is InChI=1S/C28H31N3O3/c1-3-33-25-11-6-7-12-26(25)34-20-19-31-24-10-5-4-9-23(24)30-27(31)13-8-18-29-28(32)22-16-14-21(2)15-17-22/h4-7,9-12,14-17H,3,8,13,18-20H2,1-2H3,(H,29,32). The third kappa shape index (κ3) is 5.76. The number of carbonyl (C=O) groups excluding carboxylic acids is 1. The number of nitrogens with zero attached hydrogens (tertiary/aromatic N) is 2. The molecule has 1 N–H and O–H groups in total.